The summed E-state index contributed by atoms with van der Waals surface area (Å²) in [5.41, 5.74) is 5.94. The zero-order valence-electron chi connectivity index (χ0n) is 13.6. The zero-order chi connectivity index (χ0) is 17.8. The van der Waals surface area contributed by atoms with Crippen molar-refractivity contribution in [2.24, 2.45) is 0 Å². The van der Waals surface area contributed by atoms with Gasteiger partial charge in [0.15, 0.2) is 5.69 Å². The number of nitro groups is 1. The van der Waals surface area contributed by atoms with Gasteiger partial charge in [-0.3, -0.25) is 10.1 Å². The smallest absolute Gasteiger partial charge is 0.337 e. The maximum atomic E-state index is 11.7. The molecule has 1 aliphatic rings. The fourth-order valence-electron chi connectivity index (χ4n) is 2.72. The topological polar surface area (TPSA) is 138 Å². The van der Waals surface area contributed by atoms with Crippen molar-refractivity contribution in [2.45, 2.75) is 18.9 Å². The Bertz CT molecular complexity index is 779. The molecule has 1 aliphatic heterocycles. The Morgan fingerprint density at radius 1 is 1.48 bits per heavy atom. The third kappa shape index (κ3) is 3.58. The van der Waals surface area contributed by atoms with Crippen molar-refractivity contribution in [2.75, 3.05) is 31.4 Å². The van der Waals surface area contributed by atoms with Gasteiger partial charge in [-0.25, -0.2) is 9.97 Å². The minimum absolute atomic E-state index is 0.0571. The number of nitrogen functional groups attached to an aromatic ring is 1. The van der Waals surface area contributed by atoms with E-state index in [0.717, 1.165) is 12.8 Å². The quantitative estimate of drug-likeness (QED) is 0.610. The number of ether oxygens (including phenoxy) is 2. The number of nitrogens with two attached hydrogens (primary N) is 1. The molecule has 3 N–H and O–H groups in total. The molecule has 0 radical (unpaired) electrons. The lowest BCUT2D eigenvalue weighted by Crippen LogP contribution is -2.30. The first-order chi connectivity index (χ1) is 12.1. The van der Waals surface area contributed by atoms with E-state index in [1.165, 1.54) is 13.3 Å². The van der Waals surface area contributed by atoms with Gasteiger partial charge in [0.05, 0.1) is 30.2 Å². The molecule has 1 saturated heterocycles. The van der Waals surface area contributed by atoms with E-state index in [2.05, 4.69) is 20.3 Å². The molecule has 0 saturated carbocycles. The second kappa shape index (κ2) is 7.26. The van der Waals surface area contributed by atoms with Gasteiger partial charge in [-0.2, -0.15) is 4.98 Å². The summed E-state index contributed by atoms with van der Waals surface area (Å²) < 4.78 is 10.6. The maximum Gasteiger partial charge on any atom is 0.337 e. The number of nitrogens with one attached hydrogen (secondary N) is 1. The predicted molar refractivity (Wildman–Crippen MR) is 90.3 cm³/mol. The summed E-state index contributed by atoms with van der Waals surface area (Å²) in [6, 6.07) is 3.20. The summed E-state index contributed by atoms with van der Waals surface area (Å²) in [5, 5.41) is 14.8. The minimum atomic E-state index is -0.534. The lowest BCUT2D eigenvalue weighted by atomic mass is 10.1. The number of nitrogens with zero attached hydrogens (tertiary/aromatic N) is 4. The molecule has 2 aromatic heterocycles. The molecule has 3 rings (SSSR count). The van der Waals surface area contributed by atoms with E-state index < -0.39 is 4.92 Å². The number of methoxy groups -OCH3 is 1. The molecule has 1 unspecified atom stereocenters. The Kier molecular flexibility index (Phi) is 4.89. The normalized spacial score (nSPS) is 17.1. The van der Waals surface area contributed by atoms with Gasteiger partial charge in [0.25, 0.3) is 0 Å². The largest absolute Gasteiger partial charge is 0.481 e. The molecule has 0 bridgehead atoms. The van der Waals surface area contributed by atoms with Crippen LogP contribution in [0.15, 0.2) is 18.3 Å². The fraction of sp³-hybridized carbons (Fsp3) is 0.400. The Hall–Kier alpha value is -3.01. The van der Waals surface area contributed by atoms with Crippen LogP contribution in [0, 0.1) is 10.1 Å². The molecule has 3 heterocycles. The van der Waals surface area contributed by atoms with E-state index in [4.69, 9.17) is 15.2 Å². The first-order valence-electron chi connectivity index (χ1n) is 7.75. The standard InChI is InChI=1S/C15H18N6O4/c1-24-14-10(5-2-6-17-14)11-12(21(22)23)13(20-15(16)19-11)18-9-4-3-7-25-8-9/h2,5-6,9H,3-4,7-8H2,1H3,(H3,16,18,19,20). The van der Waals surface area contributed by atoms with E-state index in [1.807, 2.05) is 0 Å². The van der Waals surface area contributed by atoms with Crippen LogP contribution < -0.4 is 15.8 Å². The molecule has 10 heteroatoms. The van der Waals surface area contributed by atoms with E-state index >= 15 is 0 Å². The SMILES string of the molecule is COc1ncccc1-c1nc(N)nc(NC2CCCOC2)c1[N+](=O)[O-]. The first kappa shape index (κ1) is 16.8. The van der Waals surface area contributed by atoms with Crippen molar-refractivity contribution in [3.05, 3.63) is 28.4 Å². The van der Waals surface area contributed by atoms with Crippen molar-refractivity contribution in [1.29, 1.82) is 0 Å². The summed E-state index contributed by atoms with van der Waals surface area (Å²) in [5.74, 6) is 0.204. The molecule has 1 fully saturated rings. The number of anilines is 2. The third-order valence-corrected chi connectivity index (χ3v) is 3.80. The second-order valence-electron chi connectivity index (χ2n) is 5.50. The van der Waals surface area contributed by atoms with E-state index in [1.54, 1.807) is 12.1 Å². The van der Waals surface area contributed by atoms with Crippen LogP contribution in [0.4, 0.5) is 17.5 Å². The van der Waals surface area contributed by atoms with E-state index in [-0.39, 0.29) is 35.1 Å². The number of pyridine rings is 1. The van der Waals surface area contributed by atoms with Crippen LogP contribution in [-0.4, -0.2) is 46.2 Å². The molecule has 0 aliphatic carbocycles. The highest BCUT2D eigenvalue weighted by Crippen LogP contribution is 2.38. The van der Waals surface area contributed by atoms with Crippen LogP contribution in [0.3, 0.4) is 0 Å². The monoisotopic (exact) mass is 346 g/mol. The number of aromatic nitrogens is 3. The molecular weight excluding hydrogens is 328 g/mol. The van der Waals surface area contributed by atoms with Crippen LogP contribution in [0.1, 0.15) is 12.8 Å². The summed E-state index contributed by atoms with van der Waals surface area (Å²) in [7, 11) is 1.43. The number of hydrogen-bond donors (Lipinski definition) is 2. The summed E-state index contributed by atoms with van der Waals surface area (Å²) >= 11 is 0. The van der Waals surface area contributed by atoms with Gasteiger partial charge in [0.2, 0.25) is 17.6 Å². The van der Waals surface area contributed by atoms with Crippen molar-refractivity contribution >= 4 is 17.5 Å². The Morgan fingerprint density at radius 3 is 3.00 bits per heavy atom. The van der Waals surface area contributed by atoms with E-state index in [9.17, 15) is 10.1 Å². The molecule has 132 valence electrons. The zero-order valence-corrected chi connectivity index (χ0v) is 13.6. The average Bonchev–Trinajstić information content (AvgIpc) is 2.61. The molecule has 0 amide bonds. The van der Waals surface area contributed by atoms with Gasteiger partial charge in [-0.05, 0) is 25.0 Å². The predicted octanol–water partition coefficient (Wildman–Crippen LogP) is 1.63. The van der Waals surface area contributed by atoms with Crippen LogP contribution in [-0.2, 0) is 4.74 Å². The summed E-state index contributed by atoms with van der Waals surface area (Å²) in [6.07, 6.45) is 3.22. The Morgan fingerprint density at radius 2 is 2.32 bits per heavy atom. The summed E-state index contributed by atoms with van der Waals surface area (Å²) in [6.45, 7) is 1.14. The van der Waals surface area contributed by atoms with Crippen LogP contribution in [0.5, 0.6) is 5.88 Å². The van der Waals surface area contributed by atoms with Crippen molar-refractivity contribution < 1.29 is 14.4 Å². The molecule has 10 nitrogen and oxygen atoms in total. The second-order valence-corrected chi connectivity index (χ2v) is 5.50. The van der Waals surface area contributed by atoms with Crippen molar-refractivity contribution in [3.8, 4) is 17.1 Å². The summed E-state index contributed by atoms with van der Waals surface area (Å²) in [4.78, 5) is 23.3. The van der Waals surface area contributed by atoms with Crippen LogP contribution in [0.25, 0.3) is 11.3 Å². The fourth-order valence-corrected chi connectivity index (χ4v) is 2.72. The third-order valence-electron chi connectivity index (χ3n) is 3.80. The van der Waals surface area contributed by atoms with Gasteiger partial charge in [-0.15, -0.1) is 0 Å². The van der Waals surface area contributed by atoms with Crippen LogP contribution in [0.2, 0.25) is 0 Å². The van der Waals surface area contributed by atoms with Gasteiger partial charge >= 0.3 is 5.69 Å². The molecule has 2 aromatic rings. The molecule has 25 heavy (non-hydrogen) atoms. The Balaban J connectivity index is 2.10. The molecule has 0 aromatic carbocycles. The highest BCUT2D eigenvalue weighted by molar-refractivity contribution is 5.80. The molecule has 0 spiro atoms. The highest BCUT2D eigenvalue weighted by atomic mass is 16.6. The minimum Gasteiger partial charge on any atom is -0.481 e. The number of hydrogen-bond acceptors (Lipinski definition) is 9. The Labute approximate surface area is 143 Å². The number of rotatable bonds is 5. The van der Waals surface area contributed by atoms with E-state index in [0.29, 0.717) is 18.8 Å². The molecule has 1 atom stereocenters. The average molecular weight is 346 g/mol. The van der Waals surface area contributed by atoms with Crippen molar-refractivity contribution in [1.82, 2.24) is 15.0 Å². The molecular formula is C15H18N6O4. The maximum absolute atomic E-state index is 11.7. The van der Waals surface area contributed by atoms with Crippen molar-refractivity contribution in [3.63, 3.8) is 0 Å². The van der Waals surface area contributed by atoms with Gasteiger partial charge in [-0.1, -0.05) is 0 Å². The highest BCUT2D eigenvalue weighted by Gasteiger charge is 2.29. The lowest BCUT2D eigenvalue weighted by molar-refractivity contribution is -0.383. The lowest BCUT2D eigenvalue weighted by Gasteiger charge is -2.23. The van der Waals surface area contributed by atoms with Gasteiger partial charge in [0.1, 0.15) is 0 Å². The first-order valence-corrected chi connectivity index (χ1v) is 7.75. The van der Waals surface area contributed by atoms with Gasteiger partial charge < -0.3 is 20.5 Å². The van der Waals surface area contributed by atoms with Crippen LogP contribution >= 0.6 is 0 Å². The van der Waals surface area contributed by atoms with Gasteiger partial charge in [0, 0.05) is 12.8 Å².